The van der Waals surface area contributed by atoms with E-state index in [9.17, 15) is 9.59 Å². The van der Waals surface area contributed by atoms with Crippen molar-refractivity contribution in [1.29, 1.82) is 0 Å². The number of nitrogens with one attached hydrogen (secondary N) is 1. The number of carbonyl (C=O) groups excluding carboxylic acids is 2. The van der Waals surface area contributed by atoms with E-state index in [0.717, 1.165) is 11.3 Å². The third-order valence-corrected chi connectivity index (χ3v) is 3.45. The maximum absolute atomic E-state index is 12.5. The van der Waals surface area contributed by atoms with Crippen LogP contribution in [0.25, 0.3) is 0 Å². The highest BCUT2D eigenvalue weighted by Gasteiger charge is 2.28. The van der Waals surface area contributed by atoms with Gasteiger partial charge in [0.25, 0.3) is 5.91 Å². The van der Waals surface area contributed by atoms with Crippen molar-refractivity contribution in [2.45, 2.75) is 13.5 Å². The summed E-state index contributed by atoms with van der Waals surface area (Å²) < 4.78 is 1.81. The number of nitrogens with zero attached hydrogens (tertiary/aromatic N) is 2. The largest absolute Gasteiger partial charge is 0.323 e. The molecule has 21 heavy (non-hydrogen) atoms. The molecule has 0 bridgehead atoms. The molecule has 0 saturated carbocycles. The Morgan fingerprint density at radius 1 is 1.24 bits per heavy atom. The maximum Gasteiger partial charge on any atom is 0.293 e. The molecule has 2 aromatic rings. The van der Waals surface area contributed by atoms with Crippen molar-refractivity contribution in [2.24, 2.45) is 0 Å². The van der Waals surface area contributed by atoms with E-state index < -0.39 is 0 Å². The van der Waals surface area contributed by atoms with E-state index in [1.54, 1.807) is 6.07 Å². The van der Waals surface area contributed by atoms with Gasteiger partial charge in [-0.05, 0) is 24.6 Å². The lowest BCUT2D eigenvalue weighted by Gasteiger charge is -2.28. The second kappa shape index (κ2) is 5.36. The lowest BCUT2D eigenvalue weighted by atomic mass is 10.2. The fraction of sp³-hybridized carbons (Fsp3) is 0.188. The van der Waals surface area contributed by atoms with Gasteiger partial charge in [-0.15, -0.1) is 0 Å². The minimum Gasteiger partial charge on any atom is -0.323 e. The highest BCUT2D eigenvalue weighted by molar-refractivity contribution is 6.09. The second-order valence-corrected chi connectivity index (χ2v) is 5.09. The molecule has 2 heterocycles. The molecule has 1 aromatic carbocycles. The fourth-order valence-corrected chi connectivity index (χ4v) is 2.33. The lowest BCUT2D eigenvalue weighted by molar-refractivity contribution is -0.684. The first kappa shape index (κ1) is 13.3. The molecule has 0 saturated heterocycles. The van der Waals surface area contributed by atoms with Gasteiger partial charge in [0.15, 0.2) is 12.4 Å². The van der Waals surface area contributed by atoms with Crippen LogP contribution in [0.3, 0.4) is 0 Å². The smallest absolute Gasteiger partial charge is 0.293 e. The van der Waals surface area contributed by atoms with E-state index in [4.69, 9.17) is 0 Å². The summed E-state index contributed by atoms with van der Waals surface area (Å²) in [6.45, 7) is 2.27. The highest BCUT2D eigenvalue weighted by atomic mass is 16.2. The van der Waals surface area contributed by atoms with Crippen molar-refractivity contribution in [1.82, 2.24) is 0 Å². The SMILES string of the molecule is Cc1cc[n+](CC(=O)N2CC(=O)Nc3ccccc32)cc1. The monoisotopic (exact) mass is 282 g/mol. The molecule has 1 N–H and O–H groups in total. The molecule has 0 aliphatic carbocycles. The van der Waals surface area contributed by atoms with Crippen LogP contribution in [-0.2, 0) is 16.1 Å². The Balaban J connectivity index is 1.84. The van der Waals surface area contributed by atoms with Crippen molar-refractivity contribution in [3.63, 3.8) is 0 Å². The summed E-state index contributed by atoms with van der Waals surface area (Å²) in [5.74, 6) is -0.276. The number of anilines is 2. The molecule has 3 rings (SSSR count). The van der Waals surface area contributed by atoms with Gasteiger partial charge in [-0.1, -0.05) is 12.1 Å². The van der Waals surface area contributed by atoms with E-state index in [1.165, 1.54) is 4.90 Å². The first-order valence-corrected chi connectivity index (χ1v) is 6.78. The molecule has 2 amide bonds. The Hall–Kier alpha value is -2.69. The van der Waals surface area contributed by atoms with Crippen LogP contribution in [0.2, 0.25) is 0 Å². The van der Waals surface area contributed by atoms with Crippen molar-refractivity contribution in [3.8, 4) is 0 Å². The Bertz CT molecular complexity index is 695. The lowest BCUT2D eigenvalue weighted by Crippen LogP contribution is -2.48. The maximum atomic E-state index is 12.5. The molecule has 0 unspecified atom stereocenters. The molecular weight excluding hydrogens is 266 g/mol. The molecular formula is C16H16N3O2+. The summed E-state index contributed by atoms with van der Waals surface area (Å²) in [6.07, 6.45) is 3.73. The Labute approximate surface area is 122 Å². The normalized spacial score (nSPS) is 13.6. The van der Waals surface area contributed by atoms with Gasteiger partial charge in [0, 0.05) is 12.1 Å². The first-order valence-electron chi connectivity index (χ1n) is 6.78. The minimum atomic E-state index is -0.170. The minimum absolute atomic E-state index is 0.0578. The average Bonchev–Trinajstić information content (AvgIpc) is 2.48. The number of para-hydroxylation sites is 2. The van der Waals surface area contributed by atoms with Crippen LogP contribution in [0.5, 0.6) is 0 Å². The molecule has 0 fully saturated rings. The van der Waals surface area contributed by atoms with Crippen LogP contribution in [0.4, 0.5) is 11.4 Å². The van der Waals surface area contributed by atoms with Crippen LogP contribution in [0.15, 0.2) is 48.8 Å². The second-order valence-electron chi connectivity index (χ2n) is 5.09. The highest BCUT2D eigenvalue weighted by Crippen LogP contribution is 2.28. The Kier molecular flexibility index (Phi) is 3.39. The number of aryl methyl sites for hydroxylation is 1. The number of aromatic nitrogens is 1. The predicted octanol–water partition coefficient (Wildman–Crippen LogP) is 1.27. The zero-order valence-electron chi connectivity index (χ0n) is 11.7. The molecule has 1 aromatic heterocycles. The molecule has 0 spiro atoms. The van der Waals surface area contributed by atoms with Gasteiger partial charge in [-0.25, -0.2) is 0 Å². The molecule has 1 aliphatic heterocycles. The number of hydrogen-bond donors (Lipinski definition) is 1. The summed E-state index contributed by atoms with van der Waals surface area (Å²) >= 11 is 0. The molecule has 5 heteroatoms. The zero-order chi connectivity index (χ0) is 14.8. The quantitative estimate of drug-likeness (QED) is 0.843. The number of pyridine rings is 1. The molecule has 106 valence electrons. The standard InChI is InChI=1S/C16H15N3O2/c1-12-6-8-18(9-7-12)11-16(21)19-10-15(20)17-13-4-2-3-5-14(13)19/h2-9H,10-11H2,1H3/p+1. The van der Waals surface area contributed by atoms with Crippen molar-refractivity contribution < 1.29 is 14.2 Å². The first-order chi connectivity index (χ1) is 10.1. The van der Waals surface area contributed by atoms with Crippen LogP contribution >= 0.6 is 0 Å². The number of amides is 2. The Morgan fingerprint density at radius 2 is 1.95 bits per heavy atom. The van der Waals surface area contributed by atoms with Crippen molar-refractivity contribution in [3.05, 3.63) is 54.4 Å². The van der Waals surface area contributed by atoms with Gasteiger partial charge in [-0.2, -0.15) is 4.57 Å². The zero-order valence-corrected chi connectivity index (χ0v) is 11.7. The van der Waals surface area contributed by atoms with Crippen LogP contribution in [-0.4, -0.2) is 18.4 Å². The van der Waals surface area contributed by atoms with E-state index in [1.807, 2.05) is 54.2 Å². The third-order valence-electron chi connectivity index (χ3n) is 3.45. The van der Waals surface area contributed by atoms with Gasteiger partial charge < -0.3 is 5.32 Å². The number of hydrogen-bond acceptors (Lipinski definition) is 2. The van der Waals surface area contributed by atoms with Crippen LogP contribution in [0, 0.1) is 6.92 Å². The Morgan fingerprint density at radius 3 is 2.71 bits per heavy atom. The van der Waals surface area contributed by atoms with Gasteiger partial charge in [0.1, 0.15) is 6.54 Å². The van der Waals surface area contributed by atoms with Gasteiger partial charge in [-0.3, -0.25) is 14.5 Å². The van der Waals surface area contributed by atoms with Gasteiger partial charge in [0.05, 0.1) is 11.4 Å². The molecule has 0 atom stereocenters. The van der Waals surface area contributed by atoms with E-state index in [-0.39, 0.29) is 24.9 Å². The topological polar surface area (TPSA) is 53.3 Å². The number of carbonyl (C=O) groups is 2. The van der Waals surface area contributed by atoms with Crippen LogP contribution < -0.4 is 14.8 Å². The van der Waals surface area contributed by atoms with Gasteiger partial charge >= 0.3 is 0 Å². The van der Waals surface area contributed by atoms with E-state index in [0.29, 0.717) is 5.69 Å². The third kappa shape index (κ3) is 2.76. The summed E-state index contributed by atoms with van der Waals surface area (Å²) in [7, 11) is 0. The van der Waals surface area contributed by atoms with Crippen molar-refractivity contribution >= 4 is 23.2 Å². The number of fused-ring (bicyclic) bond motifs is 1. The summed E-state index contributed by atoms with van der Waals surface area (Å²) in [6, 6.07) is 11.2. The van der Waals surface area contributed by atoms with Crippen molar-refractivity contribution in [2.75, 3.05) is 16.8 Å². The average molecular weight is 282 g/mol. The fourth-order valence-electron chi connectivity index (χ4n) is 2.33. The molecule has 0 radical (unpaired) electrons. The summed E-state index contributed by atoms with van der Waals surface area (Å²) in [5.41, 5.74) is 2.56. The predicted molar refractivity (Wildman–Crippen MR) is 78.8 cm³/mol. The van der Waals surface area contributed by atoms with E-state index in [2.05, 4.69) is 5.32 Å². The van der Waals surface area contributed by atoms with E-state index >= 15 is 0 Å². The number of benzene rings is 1. The number of rotatable bonds is 2. The van der Waals surface area contributed by atoms with Crippen LogP contribution in [0.1, 0.15) is 5.56 Å². The molecule has 5 nitrogen and oxygen atoms in total. The van der Waals surface area contributed by atoms with Gasteiger partial charge in [0.2, 0.25) is 12.5 Å². The molecule has 1 aliphatic rings. The summed E-state index contributed by atoms with van der Waals surface area (Å²) in [5, 5.41) is 2.78. The summed E-state index contributed by atoms with van der Waals surface area (Å²) in [4.78, 5) is 25.7.